The van der Waals surface area contributed by atoms with Gasteiger partial charge in [-0.1, -0.05) is 23.7 Å². The van der Waals surface area contributed by atoms with Crippen LogP contribution in [-0.4, -0.2) is 29.6 Å². The first kappa shape index (κ1) is 12.6. The second kappa shape index (κ2) is 5.72. The van der Waals surface area contributed by atoms with Crippen molar-refractivity contribution in [1.82, 2.24) is 15.3 Å². The van der Waals surface area contributed by atoms with Crippen molar-refractivity contribution in [3.8, 4) is 0 Å². The Balaban J connectivity index is 1.74. The third-order valence-corrected chi connectivity index (χ3v) is 3.75. The maximum Gasteiger partial charge on any atom is 0.172 e. The van der Waals surface area contributed by atoms with E-state index < -0.39 is 0 Å². The molecule has 1 aromatic carbocycles. The highest BCUT2D eigenvalue weighted by molar-refractivity contribution is 6.32. The van der Waals surface area contributed by atoms with E-state index in [1.165, 1.54) is 12.8 Å². The lowest BCUT2D eigenvalue weighted by molar-refractivity contribution is 0.392. The zero-order valence-electron chi connectivity index (χ0n) is 10.7. The highest BCUT2D eigenvalue weighted by atomic mass is 35.5. The van der Waals surface area contributed by atoms with E-state index in [1.54, 1.807) is 0 Å². The van der Waals surface area contributed by atoms with Crippen LogP contribution >= 0.6 is 11.6 Å². The number of hydrogen-bond acceptors (Lipinski definition) is 4. The molecule has 1 aliphatic heterocycles. The van der Waals surface area contributed by atoms with Crippen LogP contribution < -0.4 is 10.6 Å². The van der Waals surface area contributed by atoms with Crippen molar-refractivity contribution in [1.29, 1.82) is 0 Å². The highest BCUT2D eigenvalue weighted by Crippen LogP contribution is 2.21. The van der Waals surface area contributed by atoms with Gasteiger partial charge in [0.25, 0.3) is 0 Å². The summed E-state index contributed by atoms with van der Waals surface area (Å²) in [4.78, 5) is 8.90. The number of rotatable bonds is 3. The Kier molecular flexibility index (Phi) is 3.80. The summed E-state index contributed by atoms with van der Waals surface area (Å²) in [6.07, 6.45) is 2.49. The molecular formula is C14H17ClN4. The van der Waals surface area contributed by atoms with Gasteiger partial charge in [0.05, 0.1) is 11.0 Å². The van der Waals surface area contributed by atoms with Crippen LogP contribution in [0.1, 0.15) is 12.8 Å². The third kappa shape index (κ3) is 2.96. The van der Waals surface area contributed by atoms with Crippen molar-refractivity contribution in [2.75, 3.05) is 25.0 Å². The fraction of sp³-hybridized carbons (Fsp3) is 0.429. The van der Waals surface area contributed by atoms with Crippen molar-refractivity contribution >= 4 is 28.5 Å². The van der Waals surface area contributed by atoms with Crippen LogP contribution in [0.3, 0.4) is 0 Å². The van der Waals surface area contributed by atoms with Crippen LogP contribution in [0.2, 0.25) is 5.15 Å². The summed E-state index contributed by atoms with van der Waals surface area (Å²) >= 11 is 6.17. The molecular weight excluding hydrogens is 260 g/mol. The van der Waals surface area contributed by atoms with Crippen LogP contribution in [0.4, 0.5) is 5.82 Å². The van der Waals surface area contributed by atoms with E-state index in [4.69, 9.17) is 11.6 Å². The normalized spacial score (nSPS) is 19.5. The quantitative estimate of drug-likeness (QED) is 0.905. The Morgan fingerprint density at radius 3 is 2.79 bits per heavy atom. The molecule has 1 aromatic heterocycles. The Labute approximate surface area is 117 Å². The van der Waals surface area contributed by atoms with E-state index in [9.17, 15) is 0 Å². The van der Waals surface area contributed by atoms with Crippen LogP contribution in [0.15, 0.2) is 24.3 Å². The van der Waals surface area contributed by atoms with Crippen molar-refractivity contribution < 1.29 is 0 Å². The predicted octanol–water partition coefficient (Wildman–Crippen LogP) is 2.69. The van der Waals surface area contributed by atoms with E-state index >= 15 is 0 Å². The number of nitrogens with one attached hydrogen (secondary N) is 2. The monoisotopic (exact) mass is 276 g/mol. The third-order valence-electron chi connectivity index (χ3n) is 3.49. The molecule has 0 saturated carbocycles. The lowest BCUT2D eigenvalue weighted by Crippen LogP contribution is -2.33. The zero-order valence-corrected chi connectivity index (χ0v) is 11.5. The molecule has 1 saturated heterocycles. The molecule has 0 spiro atoms. The van der Waals surface area contributed by atoms with Crippen LogP contribution in [0.25, 0.3) is 11.0 Å². The topological polar surface area (TPSA) is 49.8 Å². The number of hydrogen-bond donors (Lipinski definition) is 2. The van der Waals surface area contributed by atoms with Gasteiger partial charge in [0, 0.05) is 6.54 Å². The fourth-order valence-corrected chi connectivity index (χ4v) is 2.63. The molecule has 1 unspecified atom stereocenters. The molecule has 1 atom stereocenters. The van der Waals surface area contributed by atoms with Crippen LogP contribution in [0, 0.1) is 5.92 Å². The fourth-order valence-electron chi connectivity index (χ4n) is 2.43. The van der Waals surface area contributed by atoms with Gasteiger partial charge in [0.2, 0.25) is 0 Å². The van der Waals surface area contributed by atoms with Gasteiger partial charge >= 0.3 is 0 Å². The van der Waals surface area contributed by atoms with Crippen molar-refractivity contribution in [3.63, 3.8) is 0 Å². The molecule has 0 aliphatic carbocycles. The van der Waals surface area contributed by atoms with Gasteiger partial charge in [0.1, 0.15) is 0 Å². The molecule has 2 N–H and O–H groups in total. The lowest BCUT2D eigenvalue weighted by atomic mass is 10.00. The first-order valence-corrected chi connectivity index (χ1v) is 7.07. The summed E-state index contributed by atoms with van der Waals surface area (Å²) in [5.74, 6) is 1.32. The Hall–Kier alpha value is -1.39. The largest absolute Gasteiger partial charge is 0.367 e. The molecule has 0 bridgehead atoms. The number of anilines is 1. The second-order valence-corrected chi connectivity index (χ2v) is 5.30. The molecule has 0 radical (unpaired) electrons. The number of piperidine rings is 1. The highest BCUT2D eigenvalue weighted by Gasteiger charge is 2.14. The van der Waals surface area contributed by atoms with Crippen molar-refractivity contribution in [2.45, 2.75) is 12.8 Å². The maximum absolute atomic E-state index is 6.17. The van der Waals surface area contributed by atoms with Crippen molar-refractivity contribution in [3.05, 3.63) is 29.4 Å². The van der Waals surface area contributed by atoms with Gasteiger partial charge in [-0.25, -0.2) is 9.97 Å². The lowest BCUT2D eigenvalue weighted by Gasteiger charge is -2.23. The van der Waals surface area contributed by atoms with E-state index in [0.29, 0.717) is 16.9 Å². The predicted molar refractivity (Wildman–Crippen MR) is 78.6 cm³/mol. The number of halogens is 1. The summed E-state index contributed by atoms with van der Waals surface area (Å²) < 4.78 is 0. The van der Waals surface area contributed by atoms with Gasteiger partial charge < -0.3 is 10.6 Å². The molecule has 100 valence electrons. The van der Waals surface area contributed by atoms with E-state index in [-0.39, 0.29) is 0 Å². The molecule has 1 aliphatic rings. The summed E-state index contributed by atoms with van der Waals surface area (Å²) in [6.45, 7) is 3.08. The molecule has 3 rings (SSSR count). The molecule has 5 heteroatoms. The van der Waals surface area contributed by atoms with Gasteiger partial charge in [-0.05, 0) is 44.0 Å². The summed E-state index contributed by atoms with van der Waals surface area (Å²) in [5, 5.41) is 7.18. The maximum atomic E-state index is 6.17. The Morgan fingerprint density at radius 2 is 2.05 bits per heavy atom. The first-order valence-electron chi connectivity index (χ1n) is 6.70. The van der Waals surface area contributed by atoms with Gasteiger partial charge in [-0.2, -0.15) is 0 Å². The molecule has 19 heavy (non-hydrogen) atoms. The molecule has 2 heterocycles. The van der Waals surface area contributed by atoms with Crippen LogP contribution in [-0.2, 0) is 0 Å². The standard InChI is InChI=1S/C14H17ClN4/c15-13-14(17-9-10-4-3-7-16-8-10)19-12-6-2-1-5-11(12)18-13/h1-2,5-6,10,16H,3-4,7-9H2,(H,17,19). The van der Waals surface area contributed by atoms with Gasteiger partial charge in [-0.3, -0.25) is 0 Å². The smallest absolute Gasteiger partial charge is 0.172 e. The Bertz CT molecular complexity index is 566. The number of fused-ring (bicyclic) bond motifs is 1. The minimum Gasteiger partial charge on any atom is -0.367 e. The van der Waals surface area contributed by atoms with E-state index in [0.717, 1.165) is 30.7 Å². The molecule has 4 nitrogen and oxygen atoms in total. The van der Waals surface area contributed by atoms with Gasteiger partial charge in [0.15, 0.2) is 11.0 Å². The number of nitrogens with zero attached hydrogens (tertiary/aromatic N) is 2. The number of aromatic nitrogens is 2. The van der Waals surface area contributed by atoms with E-state index in [2.05, 4.69) is 20.6 Å². The number of para-hydroxylation sites is 2. The van der Waals surface area contributed by atoms with E-state index in [1.807, 2.05) is 24.3 Å². The molecule has 2 aromatic rings. The summed E-state index contributed by atoms with van der Waals surface area (Å²) in [6, 6.07) is 7.77. The summed E-state index contributed by atoms with van der Waals surface area (Å²) in [5.41, 5.74) is 1.70. The minimum absolute atomic E-state index is 0.447. The summed E-state index contributed by atoms with van der Waals surface area (Å²) in [7, 11) is 0. The molecule has 1 fully saturated rings. The van der Waals surface area contributed by atoms with Crippen molar-refractivity contribution in [2.24, 2.45) is 5.92 Å². The second-order valence-electron chi connectivity index (χ2n) is 4.95. The minimum atomic E-state index is 0.447. The molecule has 0 amide bonds. The average Bonchev–Trinajstić information content (AvgIpc) is 2.46. The van der Waals surface area contributed by atoms with Crippen LogP contribution in [0.5, 0.6) is 0 Å². The van der Waals surface area contributed by atoms with Gasteiger partial charge in [-0.15, -0.1) is 0 Å². The zero-order chi connectivity index (χ0) is 13.1. The average molecular weight is 277 g/mol. The number of benzene rings is 1. The Morgan fingerprint density at radius 1 is 1.26 bits per heavy atom. The first-order chi connectivity index (χ1) is 9.33. The SMILES string of the molecule is Clc1nc2ccccc2nc1NCC1CCCNC1.